The molecule has 0 saturated carbocycles. The Morgan fingerprint density at radius 1 is 1.31 bits per heavy atom. The van der Waals surface area contributed by atoms with Crippen LogP contribution in [0, 0.1) is 13.8 Å². The smallest absolute Gasteiger partial charge is 0.120 e. The second kappa shape index (κ2) is 4.53. The molecule has 0 saturated heterocycles. The molecule has 0 spiro atoms. The molecular formula is C9H11Br2NO. The van der Waals surface area contributed by atoms with E-state index < -0.39 is 0 Å². The van der Waals surface area contributed by atoms with Crippen molar-refractivity contribution in [3.8, 4) is 0 Å². The summed E-state index contributed by atoms with van der Waals surface area (Å²) in [6.45, 7) is 4.65. The van der Waals surface area contributed by atoms with Gasteiger partial charge >= 0.3 is 0 Å². The van der Waals surface area contributed by atoms with Gasteiger partial charge in [-0.05, 0) is 51.3 Å². The fourth-order valence-electron chi connectivity index (χ4n) is 1.18. The summed E-state index contributed by atoms with van der Waals surface area (Å²) in [4.78, 5) is 4.34. The van der Waals surface area contributed by atoms with Gasteiger partial charge in [-0.1, -0.05) is 0 Å². The van der Waals surface area contributed by atoms with Crippen molar-refractivity contribution in [2.45, 2.75) is 20.5 Å². The van der Waals surface area contributed by atoms with E-state index in [0.717, 1.165) is 20.3 Å². The number of pyridine rings is 1. The maximum atomic E-state index is 5.11. The molecule has 1 aromatic rings. The van der Waals surface area contributed by atoms with Crippen LogP contribution in [0.5, 0.6) is 0 Å². The predicted molar refractivity (Wildman–Crippen MR) is 59.8 cm³/mol. The zero-order valence-corrected chi connectivity index (χ0v) is 11.0. The highest BCUT2D eigenvalue weighted by molar-refractivity contribution is 9.13. The zero-order chi connectivity index (χ0) is 10.0. The van der Waals surface area contributed by atoms with Crippen LogP contribution in [-0.2, 0) is 11.3 Å². The first-order valence-electron chi connectivity index (χ1n) is 3.88. The molecule has 0 aliphatic carbocycles. The molecule has 0 aromatic carbocycles. The van der Waals surface area contributed by atoms with Gasteiger partial charge in [-0.15, -0.1) is 0 Å². The van der Waals surface area contributed by atoms with Crippen LogP contribution in [0.25, 0.3) is 0 Å². The third-order valence-electron chi connectivity index (χ3n) is 1.95. The number of aryl methyl sites for hydroxylation is 1. The summed E-state index contributed by atoms with van der Waals surface area (Å²) in [5.74, 6) is 0. The number of rotatable bonds is 2. The molecule has 1 rings (SSSR count). The number of methoxy groups -OCH3 is 1. The lowest BCUT2D eigenvalue weighted by atomic mass is 10.1. The molecule has 0 fully saturated rings. The molecule has 2 nitrogen and oxygen atoms in total. The number of nitrogens with zero attached hydrogens (tertiary/aromatic N) is 1. The lowest BCUT2D eigenvalue weighted by Crippen LogP contribution is -2.00. The standard InChI is InChI=1S/C9H11Br2NO/c1-5-7(4-13-3)6(2)12-9(11)8(5)10/h4H2,1-3H3. The van der Waals surface area contributed by atoms with E-state index >= 15 is 0 Å². The normalized spacial score (nSPS) is 10.5. The van der Waals surface area contributed by atoms with Gasteiger partial charge in [0.1, 0.15) is 4.60 Å². The average molecular weight is 309 g/mol. The van der Waals surface area contributed by atoms with E-state index in [2.05, 4.69) is 43.8 Å². The lowest BCUT2D eigenvalue weighted by Gasteiger charge is -2.10. The predicted octanol–water partition coefficient (Wildman–Crippen LogP) is 3.37. The Bertz CT molecular complexity index is 326. The molecule has 1 heterocycles. The second-order valence-corrected chi connectivity index (χ2v) is 4.38. The second-order valence-electron chi connectivity index (χ2n) is 2.84. The van der Waals surface area contributed by atoms with Gasteiger partial charge in [-0.3, -0.25) is 0 Å². The maximum absolute atomic E-state index is 5.11. The van der Waals surface area contributed by atoms with E-state index in [9.17, 15) is 0 Å². The Morgan fingerprint density at radius 2 is 1.92 bits per heavy atom. The SMILES string of the molecule is COCc1c(C)nc(Br)c(Br)c1C. The summed E-state index contributed by atoms with van der Waals surface area (Å²) >= 11 is 6.85. The van der Waals surface area contributed by atoms with Crippen LogP contribution >= 0.6 is 31.9 Å². The number of hydrogen-bond acceptors (Lipinski definition) is 2. The maximum Gasteiger partial charge on any atom is 0.120 e. The molecule has 0 radical (unpaired) electrons. The van der Waals surface area contributed by atoms with E-state index in [1.165, 1.54) is 5.56 Å². The van der Waals surface area contributed by atoms with Gasteiger partial charge in [-0.2, -0.15) is 0 Å². The third-order valence-corrected chi connectivity index (χ3v) is 4.03. The minimum absolute atomic E-state index is 0.608. The van der Waals surface area contributed by atoms with Crippen molar-refractivity contribution in [3.05, 3.63) is 25.9 Å². The monoisotopic (exact) mass is 307 g/mol. The highest BCUT2D eigenvalue weighted by Gasteiger charge is 2.10. The van der Waals surface area contributed by atoms with E-state index in [0.29, 0.717) is 6.61 Å². The molecule has 0 unspecified atom stereocenters. The topological polar surface area (TPSA) is 22.1 Å². The van der Waals surface area contributed by atoms with Gasteiger partial charge in [0.15, 0.2) is 0 Å². The molecule has 13 heavy (non-hydrogen) atoms. The molecular weight excluding hydrogens is 298 g/mol. The Hall–Kier alpha value is 0.0700. The largest absolute Gasteiger partial charge is 0.380 e. The summed E-state index contributed by atoms with van der Waals surface area (Å²) in [5, 5.41) is 0. The highest BCUT2D eigenvalue weighted by Crippen LogP contribution is 2.28. The van der Waals surface area contributed by atoms with E-state index in [4.69, 9.17) is 4.74 Å². The first-order chi connectivity index (χ1) is 6.07. The van der Waals surface area contributed by atoms with Crippen LogP contribution in [0.1, 0.15) is 16.8 Å². The Kier molecular flexibility index (Phi) is 3.88. The molecule has 0 atom stereocenters. The Morgan fingerprint density at radius 3 is 2.46 bits per heavy atom. The van der Waals surface area contributed by atoms with Gasteiger partial charge in [-0.25, -0.2) is 4.98 Å². The van der Waals surface area contributed by atoms with Crippen molar-refractivity contribution in [1.29, 1.82) is 0 Å². The summed E-state index contributed by atoms with van der Waals surface area (Å²) < 4.78 is 6.96. The molecule has 4 heteroatoms. The molecule has 0 bridgehead atoms. The molecule has 0 aliphatic rings. The van der Waals surface area contributed by atoms with E-state index in [-0.39, 0.29) is 0 Å². The van der Waals surface area contributed by atoms with Crippen LogP contribution in [-0.4, -0.2) is 12.1 Å². The molecule has 0 amide bonds. The summed E-state index contributed by atoms with van der Waals surface area (Å²) in [6.07, 6.45) is 0. The summed E-state index contributed by atoms with van der Waals surface area (Å²) in [5.41, 5.74) is 3.34. The van der Waals surface area contributed by atoms with Crippen molar-refractivity contribution in [2.75, 3.05) is 7.11 Å². The Labute approximate surface area is 95.0 Å². The van der Waals surface area contributed by atoms with Crippen molar-refractivity contribution >= 4 is 31.9 Å². The van der Waals surface area contributed by atoms with Crippen molar-refractivity contribution < 1.29 is 4.74 Å². The minimum Gasteiger partial charge on any atom is -0.380 e. The quantitative estimate of drug-likeness (QED) is 0.782. The van der Waals surface area contributed by atoms with Crippen LogP contribution in [0.15, 0.2) is 9.08 Å². The fraction of sp³-hybridized carbons (Fsp3) is 0.444. The molecule has 0 aliphatic heterocycles. The van der Waals surface area contributed by atoms with Crippen LogP contribution in [0.2, 0.25) is 0 Å². The lowest BCUT2D eigenvalue weighted by molar-refractivity contribution is 0.183. The van der Waals surface area contributed by atoms with Crippen molar-refractivity contribution in [3.63, 3.8) is 0 Å². The van der Waals surface area contributed by atoms with Crippen LogP contribution < -0.4 is 0 Å². The van der Waals surface area contributed by atoms with Gasteiger partial charge < -0.3 is 4.74 Å². The first-order valence-corrected chi connectivity index (χ1v) is 5.46. The number of aromatic nitrogens is 1. The minimum atomic E-state index is 0.608. The van der Waals surface area contributed by atoms with Gasteiger partial charge in [0, 0.05) is 18.4 Å². The van der Waals surface area contributed by atoms with Crippen LogP contribution in [0.4, 0.5) is 0 Å². The molecule has 1 aromatic heterocycles. The zero-order valence-electron chi connectivity index (χ0n) is 7.82. The van der Waals surface area contributed by atoms with Gasteiger partial charge in [0.05, 0.1) is 11.1 Å². The Balaban J connectivity index is 3.26. The van der Waals surface area contributed by atoms with E-state index in [1.54, 1.807) is 7.11 Å². The number of hydrogen-bond donors (Lipinski definition) is 0. The number of halogens is 2. The van der Waals surface area contributed by atoms with Crippen LogP contribution in [0.3, 0.4) is 0 Å². The highest BCUT2D eigenvalue weighted by atomic mass is 79.9. The van der Waals surface area contributed by atoms with Gasteiger partial charge in [0.2, 0.25) is 0 Å². The first kappa shape index (κ1) is 11.1. The molecule has 72 valence electrons. The summed E-state index contributed by atoms with van der Waals surface area (Å²) in [7, 11) is 1.69. The van der Waals surface area contributed by atoms with Crippen molar-refractivity contribution in [1.82, 2.24) is 4.98 Å². The van der Waals surface area contributed by atoms with E-state index in [1.807, 2.05) is 6.92 Å². The molecule has 0 N–H and O–H groups in total. The summed E-state index contributed by atoms with van der Waals surface area (Å²) in [6, 6.07) is 0. The van der Waals surface area contributed by atoms with Crippen molar-refractivity contribution in [2.24, 2.45) is 0 Å². The number of ether oxygens (including phenoxy) is 1. The third kappa shape index (κ3) is 2.30. The fourth-order valence-corrected chi connectivity index (χ4v) is 2.07. The van der Waals surface area contributed by atoms with Gasteiger partial charge in [0.25, 0.3) is 0 Å². The average Bonchev–Trinajstić information content (AvgIpc) is 2.09.